The number of benzene rings is 2. The average molecular weight is 513 g/mol. The van der Waals surface area contributed by atoms with Crippen LogP contribution in [0.1, 0.15) is 52.7 Å². The molecule has 33 heavy (non-hydrogen) atoms. The van der Waals surface area contributed by atoms with E-state index in [1.165, 1.54) is 0 Å². The number of Topliss-reactive ketones (excluding diaryl/α,β-unsaturated/α-hetero) is 1. The predicted molar refractivity (Wildman–Crippen MR) is 129 cm³/mol. The number of aromatic hydroxyl groups is 1. The second-order valence-corrected chi connectivity index (χ2v) is 10.7. The molecule has 1 saturated heterocycles. The van der Waals surface area contributed by atoms with Gasteiger partial charge in [0, 0.05) is 40.9 Å². The first-order valence-electron chi connectivity index (χ1n) is 11.6. The van der Waals surface area contributed by atoms with Crippen molar-refractivity contribution in [3.63, 3.8) is 0 Å². The van der Waals surface area contributed by atoms with Crippen LogP contribution in [0.5, 0.6) is 5.75 Å². The first-order chi connectivity index (χ1) is 15.7. The minimum atomic E-state index is -1.09. The largest absolute Gasteiger partial charge is 0.507 e. The second kappa shape index (κ2) is 8.22. The van der Waals surface area contributed by atoms with E-state index in [9.17, 15) is 19.8 Å². The molecule has 1 saturated carbocycles. The lowest BCUT2D eigenvalue weighted by atomic mass is 9.49. The van der Waals surface area contributed by atoms with Gasteiger partial charge < -0.3 is 20.4 Å². The van der Waals surface area contributed by atoms with Crippen LogP contribution in [0.25, 0.3) is 0 Å². The van der Waals surface area contributed by atoms with Gasteiger partial charge in [-0.3, -0.25) is 9.59 Å². The van der Waals surface area contributed by atoms with Gasteiger partial charge >= 0.3 is 0 Å². The van der Waals surface area contributed by atoms with Crippen LogP contribution in [0.4, 0.5) is 0 Å². The Morgan fingerprint density at radius 1 is 1.21 bits per heavy atom. The highest BCUT2D eigenvalue weighted by Gasteiger charge is 2.65. The number of carbonyl (C=O) groups is 2. The molecule has 7 heteroatoms. The number of halogens is 1. The van der Waals surface area contributed by atoms with Crippen LogP contribution in [0.15, 0.2) is 40.9 Å². The molecule has 1 amide bonds. The van der Waals surface area contributed by atoms with Crippen molar-refractivity contribution in [3.8, 4) is 5.75 Å². The van der Waals surface area contributed by atoms with E-state index in [4.69, 9.17) is 0 Å². The third-order valence-electron chi connectivity index (χ3n) is 8.10. The van der Waals surface area contributed by atoms with Crippen molar-refractivity contribution in [3.05, 3.63) is 63.1 Å². The Balaban J connectivity index is 1.45. The quantitative estimate of drug-likeness (QED) is 0.585. The number of aliphatic hydroxyl groups is 1. The standard InChI is InChI=1S/C26H29BrN2O4/c1-29-13-11-25-15-19(30)8-10-26(25,33)21(29)14-17-4-7-20(23(31)22(17)25)24(32)28-12-9-16-2-5-18(27)6-3-16/h2-7,21,31,33H,8-15H2,1H3,(H,28,32)/t21-,25-,26-/m1/s1. The fraction of sp³-hybridized carbons (Fsp3) is 0.462. The third kappa shape index (κ3) is 3.52. The summed E-state index contributed by atoms with van der Waals surface area (Å²) < 4.78 is 1.01. The van der Waals surface area contributed by atoms with E-state index in [1.54, 1.807) is 6.07 Å². The molecule has 3 N–H and O–H groups in total. The minimum Gasteiger partial charge on any atom is -0.507 e. The highest BCUT2D eigenvalue weighted by Crippen LogP contribution is 2.59. The molecule has 6 nitrogen and oxygen atoms in total. The van der Waals surface area contributed by atoms with Crippen molar-refractivity contribution in [2.24, 2.45) is 0 Å². The summed E-state index contributed by atoms with van der Waals surface area (Å²) in [7, 11) is 2.01. The molecule has 0 radical (unpaired) electrons. The Morgan fingerprint density at radius 3 is 2.73 bits per heavy atom. The van der Waals surface area contributed by atoms with E-state index < -0.39 is 11.0 Å². The number of piperidine rings is 1. The summed E-state index contributed by atoms with van der Waals surface area (Å²) in [5, 5.41) is 26.2. The number of rotatable bonds is 4. The SMILES string of the molecule is CN1CC[C@]23CC(=O)CC[C@@]2(O)[C@H]1Cc1ccc(C(=O)NCCc2ccc(Br)cc2)c(O)c13. The van der Waals surface area contributed by atoms with Gasteiger partial charge in [-0.25, -0.2) is 0 Å². The summed E-state index contributed by atoms with van der Waals surface area (Å²) in [6.07, 6.45) is 2.81. The summed E-state index contributed by atoms with van der Waals surface area (Å²) in [6.45, 7) is 1.18. The van der Waals surface area contributed by atoms with E-state index in [0.29, 0.717) is 44.2 Å². The van der Waals surface area contributed by atoms with Crippen LogP contribution >= 0.6 is 15.9 Å². The number of amides is 1. The van der Waals surface area contributed by atoms with Gasteiger partial charge in [0.2, 0.25) is 0 Å². The number of likely N-dealkylation sites (N-methyl/N-ethyl adjacent to an activating group) is 1. The summed E-state index contributed by atoms with van der Waals surface area (Å²) in [5.74, 6) is -0.311. The summed E-state index contributed by atoms with van der Waals surface area (Å²) in [5.41, 5.74) is 0.921. The van der Waals surface area contributed by atoms with Gasteiger partial charge in [-0.15, -0.1) is 0 Å². The number of nitrogens with one attached hydrogen (secondary N) is 1. The van der Waals surface area contributed by atoms with Crippen molar-refractivity contribution in [2.45, 2.75) is 55.6 Å². The van der Waals surface area contributed by atoms with Gasteiger partial charge in [0.1, 0.15) is 11.5 Å². The van der Waals surface area contributed by atoms with Crippen LogP contribution in [0.3, 0.4) is 0 Å². The smallest absolute Gasteiger partial charge is 0.255 e. The number of ketones is 1. The van der Waals surface area contributed by atoms with E-state index in [0.717, 1.165) is 22.1 Å². The number of fused-ring (bicyclic) bond motifs is 1. The van der Waals surface area contributed by atoms with Gasteiger partial charge in [-0.1, -0.05) is 34.1 Å². The van der Waals surface area contributed by atoms with Crippen molar-refractivity contribution < 1.29 is 19.8 Å². The third-order valence-corrected chi connectivity index (χ3v) is 8.63. The Bertz CT molecular complexity index is 1120. The minimum absolute atomic E-state index is 0.0789. The maximum atomic E-state index is 13.0. The first kappa shape index (κ1) is 22.6. The molecular formula is C26H29BrN2O4. The van der Waals surface area contributed by atoms with Gasteiger partial charge in [0.25, 0.3) is 5.91 Å². The van der Waals surface area contributed by atoms with Crippen LogP contribution in [-0.4, -0.2) is 58.6 Å². The zero-order valence-electron chi connectivity index (χ0n) is 18.7. The van der Waals surface area contributed by atoms with Crippen LogP contribution in [0.2, 0.25) is 0 Å². The number of carbonyl (C=O) groups excluding carboxylic acids is 2. The van der Waals surface area contributed by atoms with Gasteiger partial charge in [-0.2, -0.15) is 0 Å². The van der Waals surface area contributed by atoms with Crippen LogP contribution in [0, 0.1) is 0 Å². The highest BCUT2D eigenvalue weighted by molar-refractivity contribution is 9.10. The number of nitrogens with zero attached hydrogens (tertiary/aromatic N) is 1. The highest BCUT2D eigenvalue weighted by atomic mass is 79.9. The lowest BCUT2D eigenvalue weighted by Crippen LogP contribution is -2.72. The first-order valence-corrected chi connectivity index (χ1v) is 12.4. The molecule has 0 spiro atoms. The topological polar surface area (TPSA) is 89.9 Å². The van der Waals surface area contributed by atoms with Crippen molar-refractivity contribution in [1.82, 2.24) is 10.2 Å². The number of likely N-dealkylation sites (tertiary alicyclic amines) is 1. The van der Waals surface area contributed by atoms with E-state index in [1.807, 2.05) is 37.4 Å². The molecular weight excluding hydrogens is 484 g/mol. The fourth-order valence-electron chi connectivity index (χ4n) is 6.38. The van der Waals surface area contributed by atoms with Gasteiger partial charge in [0.15, 0.2) is 0 Å². The molecule has 2 fully saturated rings. The average Bonchev–Trinajstić information content (AvgIpc) is 2.78. The lowest BCUT2D eigenvalue weighted by Gasteiger charge is -2.62. The van der Waals surface area contributed by atoms with E-state index in [-0.39, 0.29) is 35.5 Å². The predicted octanol–water partition coefficient (Wildman–Crippen LogP) is 3.11. The van der Waals surface area contributed by atoms with Crippen molar-refractivity contribution in [1.29, 1.82) is 0 Å². The number of phenolic OH excluding ortho intramolecular Hbond substituents is 1. The summed E-state index contributed by atoms with van der Waals surface area (Å²) in [6, 6.07) is 11.4. The van der Waals surface area contributed by atoms with Crippen LogP contribution < -0.4 is 5.32 Å². The molecule has 2 aromatic carbocycles. The number of hydrogen-bond acceptors (Lipinski definition) is 5. The molecule has 1 heterocycles. The number of hydrogen-bond donors (Lipinski definition) is 3. The Labute approximate surface area is 202 Å². The molecule has 5 rings (SSSR count). The van der Waals surface area contributed by atoms with Crippen LogP contribution in [-0.2, 0) is 23.1 Å². The molecule has 0 unspecified atom stereocenters. The Kier molecular flexibility index (Phi) is 5.62. The molecule has 174 valence electrons. The fourth-order valence-corrected chi connectivity index (χ4v) is 6.64. The molecule has 2 aliphatic carbocycles. The maximum absolute atomic E-state index is 13.0. The normalized spacial score (nSPS) is 28.7. The molecule has 1 aliphatic heterocycles. The Morgan fingerprint density at radius 2 is 1.97 bits per heavy atom. The summed E-state index contributed by atoms with van der Waals surface area (Å²) in [4.78, 5) is 27.8. The molecule has 2 aromatic rings. The van der Waals surface area contributed by atoms with Crippen molar-refractivity contribution >= 4 is 27.6 Å². The van der Waals surface area contributed by atoms with Gasteiger partial charge in [0.05, 0.1) is 11.2 Å². The molecule has 3 aliphatic rings. The summed E-state index contributed by atoms with van der Waals surface area (Å²) >= 11 is 3.42. The monoisotopic (exact) mass is 512 g/mol. The molecule has 0 aromatic heterocycles. The maximum Gasteiger partial charge on any atom is 0.255 e. The van der Waals surface area contributed by atoms with E-state index in [2.05, 4.69) is 26.1 Å². The Hall–Kier alpha value is -2.22. The molecule has 2 bridgehead atoms. The molecule has 3 atom stereocenters. The zero-order valence-corrected chi connectivity index (χ0v) is 20.3. The number of phenols is 1. The second-order valence-electron chi connectivity index (χ2n) is 9.80. The van der Waals surface area contributed by atoms with E-state index >= 15 is 0 Å². The van der Waals surface area contributed by atoms with Gasteiger partial charge in [-0.05, 0) is 68.6 Å². The lowest BCUT2D eigenvalue weighted by molar-refractivity contribution is -0.169. The zero-order chi connectivity index (χ0) is 23.4. The van der Waals surface area contributed by atoms with Crippen molar-refractivity contribution in [2.75, 3.05) is 20.1 Å².